The van der Waals surface area contributed by atoms with Crippen molar-refractivity contribution in [3.8, 4) is 17.1 Å². The highest BCUT2D eigenvalue weighted by molar-refractivity contribution is 7.80. The van der Waals surface area contributed by atoms with Crippen LogP contribution in [0.3, 0.4) is 0 Å². The zero-order chi connectivity index (χ0) is 22.5. The van der Waals surface area contributed by atoms with Crippen molar-refractivity contribution < 1.29 is 19.2 Å². The first-order valence-electron chi connectivity index (χ1n) is 9.59. The van der Waals surface area contributed by atoms with E-state index in [4.69, 9.17) is 16.6 Å². The monoisotopic (exact) mass is 439 g/mol. The molecule has 31 heavy (non-hydrogen) atoms. The van der Waals surface area contributed by atoms with Gasteiger partial charge in [0.15, 0.2) is 10.9 Å². The Labute approximate surface area is 184 Å². The van der Waals surface area contributed by atoms with Crippen LogP contribution in [0.5, 0.6) is 5.75 Å². The number of para-hydroxylation sites is 1. The van der Waals surface area contributed by atoms with Gasteiger partial charge in [0, 0.05) is 6.07 Å². The van der Waals surface area contributed by atoms with Gasteiger partial charge in [0.2, 0.25) is 0 Å². The number of benzene rings is 2. The molecule has 3 rings (SSSR count). The number of phenols is 1. The van der Waals surface area contributed by atoms with E-state index in [0.717, 1.165) is 12.0 Å². The molecule has 0 fully saturated rings. The molecule has 8 nitrogen and oxygen atoms in total. The predicted molar refractivity (Wildman–Crippen MR) is 121 cm³/mol. The highest BCUT2D eigenvalue weighted by Gasteiger charge is 2.20. The van der Waals surface area contributed by atoms with E-state index in [0.29, 0.717) is 11.6 Å². The van der Waals surface area contributed by atoms with Crippen LogP contribution in [0.2, 0.25) is 0 Å². The van der Waals surface area contributed by atoms with Gasteiger partial charge in [-0.1, -0.05) is 32.0 Å². The molecule has 0 aliphatic carbocycles. The summed E-state index contributed by atoms with van der Waals surface area (Å²) < 4.78 is 5.51. The minimum Gasteiger partial charge on any atom is -0.506 e. The minimum absolute atomic E-state index is 0.000300. The van der Waals surface area contributed by atoms with E-state index in [1.807, 2.05) is 6.07 Å². The third kappa shape index (κ3) is 5.07. The molecule has 2 aromatic carbocycles. The van der Waals surface area contributed by atoms with Gasteiger partial charge in [-0.05, 0) is 60.5 Å². The summed E-state index contributed by atoms with van der Waals surface area (Å²) in [6.45, 7) is 4.14. The average molecular weight is 439 g/mol. The van der Waals surface area contributed by atoms with Gasteiger partial charge >= 0.3 is 0 Å². The van der Waals surface area contributed by atoms with E-state index in [-0.39, 0.29) is 33.6 Å². The fourth-order valence-corrected chi connectivity index (χ4v) is 3.16. The standard InChI is InChI=1S/C22H21N3O5S/c1-3-13(2)14-8-9-18(26)16(12-14)23-22(31)24-21(27)20-11-10-19(30-20)15-6-4-5-7-17(15)25(28)29/h4-13,26H,3H2,1-2H3,(H2,23,24,27,31)/t13-/m0/s1. The number of carbonyl (C=O) groups excluding carboxylic acids is 1. The van der Waals surface area contributed by atoms with E-state index in [9.17, 15) is 20.0 Å². The van der Waals surface area contributed by atoms with Gasteiger partial charge in [0.25, 0.3) is 11.6 Å². The Morgan fingerprint density at radius 1 is 1.23 bits per heavy atom. The highest BCUT2D eigenvalue weighted by atomic mass is 32.1. The van der Waals surface area contributed by atoms with Crippen molar-refractivity contribution in [2.75, 3.05) is 5.32 Å². The van der Waals surface area contributed by atoms with Crippen LogP contribution in [-0.2, 0) is 0 Å². The number of phenolic OH excluding ortho intramolecular Hbond substituents is 1. The van der Waals surface area contributed by atoms with Crippen molar-refractivity contribution in [1.29, 1.82) is 0 Å². The van der Waals surface area contributed by atoms with Gasteiger partial charge < -0.3 is 14.8 Å². The predicted octanol–water partition coefficient (Wildman–Crippen LogP) is 5.20. The van der Waals surface area contributed by atoms with Crippen LogP contribution in [0.1, 0.15) is 42.3 Å². The number of hydrogen-bond donors (Lipinski definition) is 3. The van der Waals surface area contributed by atoms with Crippen molar-refractivity contribution in [3.63, 3.8) is 0 Å². The largest absolute Gasteiger partial charge is 0.506 e. The minimum atomic E-state index is -0.625. The number of anilines is 1. The Morgan fingerprint density at radius 3 is 2.68 bits per heavy atom. The third-order valence-electron chi connectivity index (χ3n) is 4.87. The zero-order valence-electron chi connectivity index (χ0n) is 16.9. The molecule has 1 aromatic heterocycles. The van der Waals surface area contributed by atoms with Gasteiger partial charge in [-0.3, -0.25) is 20.2 Å². The molecule has 3 N–H and O–H groups in total. The number of nitrogens with zero attached hydrogens (tertiary/aromatic N) is 1. The third-order valence-corrected chi connectivity index (χ3v) is 5.08. The second kappa shape index (κ2) is 9.40. The Balaban J connectivity index is 1.72. The van der Waals surface area contributed by atoms with E-state index >= 15 is 0 Å². The SMILES string of the molecule is CC[C@H](C)c1ccc(O)c(NC(=S)NC(=O)c2ccc(-c3ccccc3[N+](=O)[O-])o2)c1. The van der Waals surface area contributed by atoms with Gasteiger partial charge in [-0.2, -0.15) is 0 Å². The lowest BCUT2D eigenvalue weighted by Crippen LogP contribution is -2.33. The number of rotatable bonds is 6. The second-order valence-electron chi connectivity index (χ2n) is 6.93. The van der Waals surface area contributed by atoms with Crippen molar-refractivity contribution in [3.05, 3.63) is 76.0 Å². The van der Waals surface area contributed by atoms with Crippen molar-refractivity contribution in [1.82, 2.24) is 5.32 Å². The lowest BCUT2D eigenvalue weighted by Gasteiger charge is -2.14. The smallest absolute Gasteiger partial charge is 0.293 e. The van der Waals surface area contributed by atoms with Crippen LogP contribution in [0.4, 0.5) is 11.4 Å². The van der Waals surface area contributed by atoms with Crippen LogP contribution in [0.25, 0.3) is 11.3 Å². The summed E-state index contributed by atoms with van der Waals surface area (Å²) in [5.41, 5.74) is 1.54. The molecule has 1 amide bonds. The average Bonchev–Trinajstić information content (AvgIpc) is 3.25. The van der Waals surface area contributed by atoms with Gasteiger partial charge in [-0.25, -0.2) is 0 Å². The molecular weight excluding hydrogens is 418 g/mol. The molecule has 0 spiro atoms. The maximum absolute atomic E-state index is 12.5. The zero-order valence-corrected chi connectivity index (χ0v) is 17.7. The van der Waals surface area contributed by atoms with Gasteiger partial charge in [0.05, 0.1) is 16.2 Å². The number of aromatic hydroxyl groups is 1. The number of carbonyl (C=O) groups is 1. The first-order chi connectivity index (χ1) is 14.8. The molecule has 9 heteroatoms. The quantitative estimate of drug-likeness (QED) is 0.209. The van der Waals surface area contributed by atoms with Crippen LogP contribution < -0.4 is 10.6 Å². The van der Waals surface area contributed by atoms with E-state index in [1.165, 1.54) is 24.3 Å². The summed E-state index contributed by atoms with van der Waals surface area (Å²) in [5, 5.41) is 26.6. The second-order valence-corrected chi connectivity index (χ2v) is 7.34. The number of nitrogens with one attached hydrogen (secondary N) is 2. The molecule has 0 aliphatic rings. The van der Waals surface area contributed by atoms with Crippen molar-refractivity contribution in [2.24, 2.45) is 0 Å². The number of nitro benzene ring substituents is 1. The Morgan fingerprint density at radius 2 is 1.97 bits per heavy atom. The molecule has 3 aromatic rings. The molecule has 0 aliphatic heterocycles. The molecule has 1 atom stereocenters. The molecule has 0 saturated heterocycles. The Kier molecular flexibility index (Phi) is 6.66. The number of nitro groups is 1. The summed E-state index contributed by atoms with van der Waals surface area (Å²) >= 11 is 5.18. The summed E-state index contributed by atoms with van der Waals surface area (Å²) in [5.74, 6) is -0.196. The summed E-state index contributed by atoms with van der Waals surface area (Å²) in [7, 11) is 0. The molecule has 0 saturated carbocycles. The van der Waals surface area contributed by atoms with E-state index in [1.54, 1.807) is 24.3 Å². The topological polar surface area (TPSA) is 118 Å². The fraction of sp³-hybridized carbons (Fsp3) is 0.182. The molecule has 1 heterocycles. The molecule has 0 unspecified atom stereocenters. The number of hydrogen-bond acceptors (Lipinski definition) is 6. The van der Waals surface area contributed by atoms with Crippen LogP contribution in [-0.4, -0.2) is 21.0 Å². The fourth-order valence-electron chi connectivity index (χ4n) is 2.96. The Hall–Kier alpha value is -3.72. The highest BCUT2D eigenvalue weighted by Crippen LogP contribution is 2.31. The molecule has 0 bridgehead atoms. The summed E-state index contributed by atoms with van der Waals surface area (Å²) in [6.07, 6.45) is 0.936. The number of thiocarbonyl (C=S) groups is 1. The molecule has 0 radical (unpaired) electrons. The number of amides is 1. The van der Waals surface area contributed by atoms with Crippen molar-refractivity contribution >= 4 is 34.6 Å². The van der Waals surface area contributed by atoms with Gasteiger partial charge in [0.1, 0.15) is 11.5 Å². The molecule has 160 valence electrons. The van der Waals surface area contributed by atoms with Crippen LogP contribution >= 0.6 is 12.2 Å². The molecular formula is C22H21N3O5S. The maximum Gasteiger partial charge on any atom is 0.293 e. The van der Waals surface area contributed by atoms with E-state index in [2.05, 4.69) is 24.5 Å². The van der Waals surface area contributed by atoms with Crippen LogP contribution in [0, 0.1) is 10.1 Å². The first kappa shape index (κ1) is 22.0. The number of furan rings is 1. The lowest BCUT2D eigenvalue weighted by molar-refractivity contribution is -0.384. The van der Waals surface area contributed by atoms with Crippen LogP contribution in [0.15, 0.2) is 59.0 Å². The maximum atomic E-state index is 12.5. The lowest BCUT2D eigenvalue weighted by atomic mass is 9.98. The first-order valence-corrected chi connectivity index (χ1v) is 9.99. The Bertz CT molecular complexity index is 1140. The van der Waals surface area contributed by atoms with E-state index < -0.39 is 10.8 Å². The summed E-state index contributed by atoms with van der Waals surface area (Å²) in [4.78, 5) is 23.2. The van der Waals surface area contributed by atoms with Gasteiger partial charge in [-0.15, -0.1) is 0 Å². The van der Waals surface area contributed by atoms with Crippen molar-refractivity contribution in [2.45, 2.75) is 26.2 Å². The summed E-state index contributed by atoms with van der Waals surface area (Å²) in [6, 6.07) is 14.2. The normalized spacial score (nSPS) is 11.5.